The van der Waals surface area contributed by atoms with E-state index in [-0.39, 0.29) is 19.0 Å². The highest BCUT2D eigenvalue weighted by atomic mass is 16.2. The second-order valence-corrected chi connectivity index (χ2v) is 7.24. The van der Waals surface area contributed by atoms with E-state index in [1.54, 1.807) is 24.4 Å². The minimum absolute atomic E-state index is 0.127. The van der Waals surface area contributed by atoms with Crippen molar-refractivity contribution in [3.05, 3.63) is 41.9 Å². The third-order valence-corrected chi connectivity index (χ3v) is 4.70. The van der Waals surface area contributed by atoms with Crippen molar-refractivity contribution in [2.75, 3.05) is 43.4 Å². The van der Waals surface area contributed by atoms with Crippen LogP contribution in [0.3, 0.4) is 0 Å². The number of carbonyl (C=O) groups excluding carboxylic acids is 3. The van der Waals surface area contributed by atoms with Crippen LogP contribution in [-0.4, -0.2) is 70.8 Å². The van der Waals surface area contributed by atoms with E-state index in [0.29, 0.717) is 23.0 Å². The van der Waals surface area contributed by atoms with Crippen LogP contribution in [0.1, 0.15) is 18.2 Å². The number of piperazine rings is 1. The van der Waals surface area contributed by atoms with Crippen molar-refractivity contribution in [3.8, 4) is 0 Å². The quantitative estimate of drug-likeness (QED) is 0.528. The van der Waals surface area contributed by atoms with Gasteiger partial charge in [-0.3, -0.25) is 14.4 Å². The SMILES string of the molecule is CC(=O)Nc1ccc(CNC(=O)C(=O)NCc2ccnc(N3CCN(C)CC3)n2)cn1. The standard InChI is InChI=1S/C20H26N8O3/c1-14(29)25-17-4-3-15(11-22-17)12-23-18(30)19(31)24-13-16-5-6-21-20(26-16)28-9-7-27(2)8-10-28/h3-6,11H,7-10,12-13H2,1-2H3,(H,23,30)(H,24,31)(H,22,25,29). The molecular formula is C20H26N8O3. The predicted molar refractivity (Wildman–Crippen MR) is 114 cm³/mol. The third kappa shape index (κ3) is 6.71. The van der Waals surface area contributed by atoms with E-state index in [2.05, 4.69) is 47.7 Å². The van der Waals surface area contributed by atoms with Crippen LogP contribution in [0.5, 0.6) is 0 Å². The van der Waals surface area contributed by atoms with Gasteiger partial charge in [0, 0.05) is 52.0 Å². The van der Waals surface area contributed by atoms with Crippen LogP contribution in [0.2, 0.25) is 0 Å². The minimum Gasteiger partial charge on any atom is -0.344 e. The summed E-state index contributed by atoms with van der Waals surface area (Å²) < 4.78 is 0. The Labute approximate surface area is 180 Å². The van der Waals surface area contributed by atoms with Crippen LogP contribution >= 0.6 is 0 Å². The lowest BCUT2D eigenvalue weighted by atomic mass is 10.3. The molecule has 31 heavy (non-hydrogen) atoms. The summed E-state index contributed by atoms with van der Waals surface area (Å²) in [6.07, 6.45) is 3.17. The lowest BCUT2D eigenvalue weighted by molar-refractivity contribution is -0.139. The van der Waals surface area contributed by atoms with Crippen molar-refractivity contribution in [2.24, 2.45) is 0 Å². The minimum atomic E-state index is -0.751. The van der Waals surface area contributed by atoms with E-state index in [4.69, 9.17) is 0 Å². The van der Waals surface area contributed by atoms with Gasteiger partial charge in [-0.1, -0.05) is 6.07 Å². The summed E-state index contributed by atoms with van der Waals surface area (Å²) in [6, 6.07) is 5.04. The summed E-state index contributed by atoms with van der Waals surface area (Å²) in [5.74, 6) is -0.674. The van der Waals surface area contributed by atoms with Gasteiger partial charge in [-0.05, 0) is 24.7 Å². The number of hydrogen-bond acceptors (Lipinski definition) is 8. The fourth-order valence-electron chi connectivity index (χ4n) is 2.94. The first-order chi connectivity index (χ1) is 14.9. The summed E-state index contributed by atoms with van der Waals surface area (Å²) in [5, 5.41) is 7.67. The number of amides is 3. The molecule has 1 saturated heterocycles. The highest BCUT2D eigenvalue weighted by Gasteiger charge is 2.17. The zero-order valence-corrected chi connectivity index (χ0v) is 17.6. The zero-order valence-electron chi connectivity index (χ0n) is 17.6. The average Bonchev–Trinajstić information content (AvgIpc) is 2.77. The van der Waals surface area contributed by atoms with Gasteiger partial charge in [-0.15, -0.1) is 0 Å². The number of aromatic nitrogens is 3. The molecule has 11 heteroatoms. The molecule has 0 saturated carbocycles. The molecule has 3 amide bonds. The Morgan fingerprint density at radius 2 is 1.68 bits per heavy atom. The number of nitrogens with one attached hydrogen (secondary N) is 3. The van der Waals surface area contributed by atoms with Gasteiger partial charge in [0.25, 0.3) is 0 Å². The predicted octanol–water partition coefficient (Wildman–Crippen LogP) is -0.486. The van der Waals surface area contributed by atoms with Crippen molar-refractivity contribution in [1.29, 1.82) is 0 Å². The van der Waals surface area contributed by atoms with Crippen LogP contribution < -0.4 is 20.9 Å². The van der Waals surface area contributed by atoms with E-state index in [1.165, 1.54) is 13.1 Å². The summed E-state index contributed by atoms with van der Waals surface area (Å²) in [7, 11) is 2.08. The van der Waals surface area contributed by atoms with E-state index >= 15 is 0 Å². The molecule has 0 aromatic carbocycles. The van der Waals surface area contributed by atoms with Gasteiger partial charge in [-0.25, -0.2) is 15.0 Å². The van der Waals surface area contributed by atoms with Crippen molar-refractivity contribution in [3.63, 3.8) is 0 Å². The number of pyridine rings is 1. The van der Waals surface area contributed by atoms with E-state index < -0.39 is 11.8 Å². The molecule has 0 radical (unpaired) electrons. The van der Waals surface area contributed by atoms with Crippen LogP contribution in [0, 0.1) is 0 Å². The first kappa shape index (κ1) is 22.1. The Morgan fingerprint density at radius 1 is 0.968 bits per heavy atom. The van der Waals surface area contributed by atoms with Gasteiger partial charge in [0.1, 0.15) is 5.82 Å². The number of likely N-dealkylation sites (N-methyl/N-ethyl adjacent to an activating group) is 1. The molecular weight excluding hydrogens is 400 g/mol. The molecule has 0 spiro atoms. The maximum absolute atomic E-state index is 12.1. The monoisotopic (exact) mass is 426 g/mol. The molecule has 1 aliphatic heterocycles. The maximum Gasteiger partial charge on any atom is 0.309 e. The normalized spacial score (nSPS) is 14.1. The number of rotatable bonds is 6. The Bertz CT molecular complexity index is 926. The molecule has 0 aliphatic carbocycles. The molecule has 0 unspecified atom stereocenters. The number of nitrogens with zero attached hydrogens (tertiary/aromatic N) is 5. The summed E-state index contributed by atoms with van der Waals surface area (Å²) in [5.41, 5.74) is 1.32. The van der Waals surface area contributed by atoms with E-state index in [0.717, 1.165) is 26.2 Å². The average molecular weight is 426 g/mol. The molecule has 3 N–H and O–H groups in total. The number of carbonyl (C=O) groups is 3. The lowest BCUT2D eigenvalue weighted by Crippen LogP contribution is -2.45. The van der Waals surface area contributed by atoms with Crippen LogP contribution in [0.25, 0.3) is 0 Å². The Hall–Kier alpha value is -3.60. The Balaban J connectivity index is 1.45. The Morgan fingerprint density at radius 3 is 2.32 bits per heavy atom. The fourth-order valence-corrected chi connectivity index (χ4v) is 2.94. The molecule has 2 aromatic rings. The molecule has 1 fully saturated rings. The van der Waals surface area contributed by atoms with Gasteiger partial charge in [-0.2, -0.15) is 0 Å². The second kappa shape index (κ2) is 10.4. The summed E-state index contributed by atoms with van der Waals surface area (Å²) >= 11 is 0. The molecule has 0 bridgehead atoms. The van der Waals surface area contributed by atoms with Gasteiger partial charge in [0.05, 0.1) is 12.2 Å². The highest BCUT2D eigenvalue weighted by Crippen LogP contribution is 2.10. The van der Waals surface area contributed by atoms with Gasteiger partial charge in [0.2, 0.25) is 11.9 Å². The maximum atomic E-state index is 12.1. The number of anilines is 2. The Kier molecular flexibility index (Phi) is 7.44. The van der Waals surface area contributed by atoms with Crippen molar-refractivity contribution in [2.45, 2.75) is 20.0 Å². The molecule has 164 valence electrons. The smallest absolute Gasteiger partial charge is 0.309 e. The van der Waals surface area contributed by atoms with Gasteiger partial charge >= 0.3 is 11.8 Å². The highest BCUT2D eigenvalue weighted by molar-refractivity contribution is 6.35. The van der Waals surface area contributed by atoms with Crippen molar-refractivity contribution in [1.82, 2.24) is 30.5 Å². The lowest BCUT2D eigenvalue weighted by Gasteiger charge is -2.32. The van der Waals surface area contributed by atoms with Gasteiger partial charge < -0.3 is 25.8 Å². The van der Waals surface area contributed by atoms with Gasteiger partial charge in [0.15, 0.2) is 0 Å². The van der Waals surface area contributed by atoms with Crippen molar-refractivity contribution >= 4 is 29.5 Å². The molecule has 1 aliphatic rings. The largest absolute Gasteiger partial charge is 0.344 e. The topological polar surface area (TPSA) is 132 Å². The van der Waals surface area contributed by atoms with Crippen LogP contribution in [0.4, 0.5) is 11.8 Å². The molecule has 3 rings (SSSR count). The van der Waals surface area contributed by atoms with Crippen molar-refractivity contribution < 1.29 is 14.4 Å². The van der Waals surface area contributed by atoms with Crippen LogP contribution in [-0.2, 0) is 27.5 Å². The molecule has 2 aromatic heterocycles. The van der Waals surface area contributed by atoms with E-state index in [9.17, 15) is 14.4 Å². The zero-order chi connectivity index (χ0) is 22.2. The first-order valence-electron chi connectivity index (χ1n) is 9.94. The third-order valence-electron chi connectivity index (χ3n) is 4.70. The molecule has 11 nitrogen and oxygen atoms in total. The molecule has 0 atom stereocenters. The fraction of sp³-hybridized carbons (Fsp3) is 0.400. The van der Waals surface area contributed by atoms with Crippen LogP contribution in [0.15, 0.2) is 30.6 Å². The number of hydrogen-bond donors (Lipinski definition) is 3. The first-order valence-corrected chi connectivity index (χ1v) is 9.94. The van der Waals surface area contributed by atoms with E-state index in [1.807, 2.05) is 0 Å². The summed E-state index contributed by atoms with van der Waals surface area (Å²) in [6.45, 7) is 5.23. The molecule has 3 heterocycles. The second-order valence-electron chi connectivity index (χ2n) is 7.24. The summed E-state index contributed by atoms with van der Waals surface area (Å²) in [4.78, 5) is 52.3.